The molecule has 0 amide bonds. The molecule has 31 heavy (non-hydrogen) atoms. The lowest BCUT2D eigenvalue weighted by molar-refractivity contribution is 0.0558. The Morgan fingerprint density at radius 2 is 1.77 bits per heavy atom. The van der Waals surface area contributed by atoms with Crippen LogP contribution >= 0.6 is 0 Å². The van der Waals surface area contributed by atoms with E-state index < -0.39 is 11.0 Å². The lowest BCUT2D eigenvalue weighted by atomic mass is 9.99. The van der Waals surface area contributed by atoms with Gasteiger partial charge in [0, 0.05) is 5.56 Å². The largest absolute Gasteiger partial charge is 0.508 e. The third-order valence-corrected chi connectivity index (χ3v) is 5.26. The molecule has 0 radical (unpaired) electrons. The van der Waals surface area contributed by atoms with Crippen molar-refractivity contribution in [3.05, 3.63) is 69.8 Å². The summed E-state index contributed by atoms with van der Waals surface area (Å²) in [5.41, 5.74) is 1.48. The SMILES string of the molecule is CC(C)=CCc1c2oc(C(C)(C)O)cc2c(O)c2c(=O)c(-c3ccc(O)cc3)coc12. The molecule has 2 aromatic carbocycles. The highest BCUT2D eigenvalue weighted by atomic mass is 16.4. The first-order valence-electron chi connectivity index (χ1n) is 9.96. The normalized spacial score (nSPS) is 11.9. The second-order valence-electron chi connectivity index (χ2n) is 8.45. The van der Waals surface area contributed by atoms with E-state index in [0.29, 0.717) is 28.5 Å². The molecule has 0 saturated heterocycles. The molecule has 160 valence electrons. The maximum absolute atomic E-state index is 13.4. The zero-order valence-corrected chi connectivity index (χ0v) is 17.8. The second-order valence-corrected chi connectivity index (χ2v) is 8.45. The first-order chi connectivity index (χ1) is 14.6. The van der Waals surface area contributed by atoms with Crippen LogP contribution in [0.4, 0.5) is 0 Å². The van der Waals surface area contributed by atoms with E-state index in [9.17, 15) is 20.1 Å². The summed E-state index contributed by atoms with van der Waals surface area (Å²) in [5, 5.41) is 31.4. The number of aromatic hydroxyl groups is 2. The molecule has 4 aromatic rings. The summed E-state index contributed by atoms with van der Waals surface area (Å²) in [6.07, 6.45) is 3.76. The Hall–Kier alpha value is -3.51. The minimum absolute atomic E-state index is 0.0540. The summed E-state index contributed by atoms with van der Waals surface area (Å²) in [5.74, 6) is 0.109. The summed E-state index contributed by atoms with van der Waals surface area (Å²) in [6, 6.07) is 7.74. The molecule has 0 aliphatic carbocycles. The van der Waals surface area contributed by atoms with Crippen molar-refractivity contribution in [1.29, 1.82) is 0 Å². The highest BCUT2D eigenvalue weighted by molar-refractivity contribution is 6.05. The van der Waals surface area contributed by atoms with Crippen LogP contribution in [-0.2, 0) is 12.0 Å². The van der Waals surface area contributed by atoms with E-state index in [1.807, 2.05) is 19.9 Å². The molecule has 0 aliphatic rings. The molecule has 0 fully saturated rings. The summed E-state index contributed by atoms with van der Waals surface area (Å²) < 4.78 is 11.8. The lowest BCUT2D eigenvalue weighted by Crippen LogP contribution is -2.13. The molecule has 6 nitrogen and oxygen atoms in total. The van der Waals surface area contributed by atoms with Crippen LogP contribution in [0.5, 0.6) is 11.5 Å². The maximum Gasteiger partial charge on any atom is 0.204 e. The van der Waals surface area contributed by atoms with Crippen molar-refractivity contribution < 1.29 is 24.2 Å². The van der Waals surface area contributed by atoms with Gasteiger partial charge in [-0.1, -0.05) is 23.8 Å². The summed E-state index contributed by atoms with van der Waals surface area (Å²) in [4.78, 5) is 13.4. The number of phenols is 2. The first kappa shape index (κ1) is 20.8. The van der Waals surface area contributed by atoms with Gasteiger partial charge in [0.25, 0.3) is 0 Å². The Bertz CT molecular complexity index is 1370. The van der Waals surface area contributed by atoms with Crippen LogP contribution in [0.2, 0.25) is 0 Å². The molecule has 4 rings (SSSR count). The second kappa shape index (κ2) is 7.32. The number of phenolic OH excluding ortho intramolecular Hbond substituents is 2. The van der Waals surface area contributed by atoms with Crippen molar-refractivity contribution >= 4 is 21.9 Å². The standard InChI is InChI=1S/C25H24O6/c1-13(2)5-10-16-23-17(11-19(31-23)25(3,4)29)21(27)20-22(28)18(12-30-24(16)20)14-6-8-15(26)9-7-14/h5-9,11-12,26-27,29H,10H2,1-4H3. The molecule has 0 unspecified atom stereocenters. The number of allylic oxidation sites excluding steroid dienone is 2. The molecule has 3 N–H and O–H groups in total. The zero-order valence-electron chi connectivity index (χ0n) is 17.8. The number of hydrogen-bond acceptors (Lipinski definition) is 6. The summed E-state index contributed by atoms with van der Waals surface area (Å²) in [7, 11) is 0. The van der Waals surface area contributed by atoms with E-state index >= 15 is 0 Å². The summed E-state index contributed by atoms with van der Waals surface area (Å²) in [6.45, 7) is 7.10. The van der Waals surface area contributed by atoms with Gasteiger partial charge in [-0.05, 0) is 57.9 Å². The highest BCUT2D eigenvalue weighted by Crippen LogP contribution is 2.41. The topological polar surface area (TPSA) is 104 Å². The van der Waals surface area contributed by atoms with Gasteiger partial charge in [0.1, 0.15) is 45.7 Å². The number of benzene rings is 2. The van der Waals surface area contributed by atoms with Crippen LogP contribution < -0.4 is 5.43 Å². The van der Waals surface area contributed by atoms with Crippen LogP contribution in [0, 0.1) is 0 Å². The van der Waals surface area contributed by atoms with Gasteiger partial charge in [0.2, 0.25) is 5.43 Å². The van der Waals surface area contributed by atoms with Crippen LogP contribution in [0.1, 0.15) is 39.0 Å². The predicted molar refractivity (Wildman–Crippen MR) is 119 cm³/mol. The number of hydrogen-bond donors (Lipinski definition) is 3. The van der Waals surface area contributed by atoms with Crippen LogP contribution in [0.25, 0.3) is 33.1 Å². The lowest BCUT2D eigenvalue weighted by Gasteiger charge is -2.12. The number of fused-ring (bicyclic) bond motifs is 2. The van der Waals surface area contributed by atoms with Gasteiger partial charge in [0.05, 0.1) is 10.9 Å². The van der Waals surface area contributed by atoms with Crippen LogP contribution in [0.3, 0.4) is 0 Å². The molecule has 0 aliphatic heterocycles. The summed E-state index contributed by atoms with van der Waals surface area (Å²) >= 11 is 0. The van der Waals surface area contributed by atoms with E-state index in [4.69, 9.17) is 8.83 Å². The van der Waals surface area contributed by atoms with Crippen LogP contribution in [0.15, 0.2) is 61.9 Å². The van der Waals surface area contributed by atoms with E-state index in [1.165, 1.54) is 18.4 Å². The predicted octanol–water partition coefficient (Wildman–Crippen LogP) is 5.35. The van der Waals surface area contributed by atoms with Gasteiger partial charge >= 0.3 is 0 Å². The van der Waals surface area contributed by atoms with E-state index in [0.717, 1.165) is 5.57 Å². The zero-order chi connectivity index (χ0) is 22.5. The minimum Gasteiger partial charge on any atom is -0.508 e. The Labute approximate surface area is 178 Å². The van der Waals surface area contributed by atoms with Crippen molar-refractivity contribution in [3.8, 4) is 22.6 Å². The van der Waals surface area contributed by atoms with Crippen LogP contribution in [-0.4, -0.2) is 15.3 Å². The first-order valence-corrected chi connectivity index (χ1v) is 9.96. The average molecular weight is 420 g/mol. The van der Waals surface area contributed by atoms with Crippen molar-refractivity contribution in [1.82, 2.24) is 0 Å². The fourth-order valence-electron chi connectivity index (χ4n) is 3.57. The Morgan fingerprint density at radius 3 is 2.39 bits per heavy atom. The minimum atomic E-state index is -1.26. The van der Waals surface area contributed by atoms with E-state index in [2.05, 4.69) is 0 Å². The maximum atomic E-state index is 13.4. The van der Waals surface area contributed by atoms with Gasteiger partial charge in [-0.3, -0.25) is 4.79 Å². The number of aliphatic hydroxyl groups is 1. The monoisotopic (exact) mass is 420 g/mol. The smallest absolute Gasteiger partial charge is 0.204 e. The fraction of sp³-hybridized carbons (Fsp3) is 0.240. The van der Waals surface area contributed by atoms with Crippen molar-refractivity contribution in [2.75, 3.05) is 0 Å². The molecule has 2 aromatic heterocycles. The molecule has 6 heteroatoms. The molecular weight excluding hydrogens is 396 g/mol. The highest BCUT2D eigenvalue weighted by Gasteiger charge is 2.27. The van der Waals surface area contributed by atoms with Gasteiger partial charge in [-0.2, -0.15) is 0 Å². The Morgan fingerprint density at radius 1 is 1.10 bits per heavy atom. The molecule has 0 atom stereocenters. The Balaban J connectivity index is 2.10. The molecule has 0 saturated carbocycles. The average Bonchev–Trinajstić information content (AvgIpc) is 3.15. The quantitative estimate of drug-likeness (QED) is 0.384. The van der Waals surface area contributed by atoms with Gasteiger partial charge in [-0.25, -0.2) is 0 Å². The molecule has 0 spiro atoms. The Kier molecular flexibility index (Phi) is 4.90. The van der Waals surface area contributed by atoms with Crippen molar-refractivity contribution in [3.63, 3.8) is 0 Å². The fourth-order valence-corrected chi connectivity index (χ4v) is 3.57. The van der Waals surface area contributed by atoms with Crippen molar-refractivity contribution in [2.24, 2.45) is 0 Å². The van der Waals surface area contributed by atoms with E-state index in [-0.39, 0.29) is 33.8 Å². The molecule has 0 bridgehead atoms. The number of rotatable bonds is 4. The third-order valence-electron chi connectivity index (χ3n) is 5.26. The van der Waals surface area contributed by atoms with Gasteiger partial charge in [-0.15, -0.1) is 0 Å². The molecular formula is C25H24O6. The van der Waals surface area contributed by atoms with Gasteiger partial charge in [0.15, 0.2) is 0 Å². The molecule has 2 heterocycles. The third kappa shape index (κ3) is 3.59. The van der Waals surface area contributed by atoms with Gasteiger partial charge < -0.3 is 24.2 Å². The van der Waals surface area contributed by atoms with E-state index in [1.54, 1.807) is 32.0 Å². The van der Waals surface area contributed by atoms with Crippen molar-refractivity contribution in [2.45, 2.75) is 39.7 Å². The number of furan rings is 1.